The van der Waals surface area contributed by atoms with Gasteiger partial charge < -0.3 is 5.32 Å². The highest BCUT2D eigenvalue weighted by Gasteiger charge is 2.48. The standard InChI is InChI=1S/C23H25N7O3S/c1-15-9-10-18(13-16(15)2)29-22(25-27-28-29)34-14-19(31)26-30-20(32)23(3,24-21(30)33)12-11-17-7-5-4-6-8-17/h4-10,13H,11-12,14H2,1-3H3,(H,24,33)(H,26,31). The lowest BCUT2D eigenvalue weighted by Gasteiger charge is -2.21. The van der Waals surface area contributed by atoms with Gasteiger partial charge in [0.05, 0.1) is 11.4 Å². The van der Waals surface area contributed by atoms with Crippen LogP contribution >= 0.6 is 11.8 Å². The summed E-state index contributed by atoms with van der Waals surface area (Å²) in [4.78, 5) is 37.9. The number of aryl methyl sites for hydroxylation is 3. The van der Waals surface area contributed by atoms with Gasteiger partial charge in [-0.1, -0.05) is 48.2 Å². The molecule has 0 saturated carbocycles. The largest absolute Gasteiger partial charge is 0.344 e. The van der Waals surface area contributed by atoms with E-state index in [9.17, 15) is 14.4 Å². The van der Waals surface area contributed by atoms with Crippen molar-refractivity contribution in [1.29, 1.82) is 0 Å². The van der Waals surface area contributed by atoms with Crippen molar-refractivity contribution in [2.75, 3.05) is 5.75 Å². The number of nitrogens with one attached hydrogen (secondary N) is 2. The first kappa shape index (κ1) is 23.4. The Morgan fingerprint density at radius 1 is 1.12 bits per heavy atom. The summed E-state index contributed by atoms with van der Waals surface area (Å²) in [5.74, 6) is -1.09. The molecule has 3 aromatic rings. The van der Waals surface area contributed by atoms with Crippen molar-refractivity contribution < 1.29 is 14.4 Å². The van der Waals surface area contributed by atoms with Crippen LogP contribution in [0.3, 0.4) is 0 Å². The molecule has 1 saturated heterocycles. The Kier molecular flexibility index (Phi) is 6.64. The van der Waals surface area contributed by atoms with Crippen molar-refractivity contribution in [1.82, 2.24) is 36.0 Å². The van der Waals surface area contributed by atoms with Crippen molar-refractivity contribution >= 4 is 29.6 Å². The Morgan fingerprint density at radius 3 is 2.62 bits per heavy atom. The molecule has 0 spiro atoms. The van der Waals surface area contributed by atoms with Crippen molar-refractivity contribution in [3.63, 3.8) is 0 Å². The Labute approximate surface area is 201 Å². The fourth-order valence-corrected chi connectivity index (χ4v) is 4.25. The number of aromatic nitrogens is 4. The molecule has 34 heavy (non-hydrogen) atoms. The summed E-state index contributed by atoms with van der Waals surface area (Å²) in [5.41, 5.74) is 5.39. The summed E-state index contributed by atoms with van der Waals surface area (Å²) in [6, 6.07) is 14.9. The Bertz CT molecular complexity index is 1230. The number of benzene rings is 2. The molecule has 0 radical (unpaired) electrons. The molecule has 4 amide bonds. The molecule has 1 aromatic heterocycles. The molecule has 2 heterocycles. The molecule has 1 aliphatic rings. The number of hydrazine groups is 1. The van der Waals surface area contributed by atoms with Crippen molar-refractivity contribution in [2.24, 2.45) is 0 Å². The highest BCUT2D eigenvalue weighted by atomic mass is 32.2. The number of amides is 4. The van der Waals surface area contributed by atoms with E-state index in [1.54, 1.807) is 11.6 Å². The van der Waals surface area contributed by atoms with Gasteiger partial charge in [-0.15, -0.1) is 5.10 Å². The van der Waals surface area contributed by atoms with Gasteiger partial charge in [-0.05, 0) is 72.9 Å². The molecule has 10 nitrogen and oxygen atoms in total. The maximum Gasteiger partial charge on any atom is 0.344 e. The highest BCUT2D eigenvalue weighted by Crippen LogP contribution is 2.23. The van der Waals surface area contributed by atoms with Gasteiger partial charge in [-0.25, -0.2) is 4.79 Å². The number of thioether (sulfide) groups is 1. The quantitative estimate of drug-likeness (QED) is 0.376. The molecule has 176 valence electrons. The van der Waals surface area contributed by atoms with E-state index in [1.807, 2.05) is 62.4 Å². The second kappa shape index (κ2) is 9.64. The minimum absolute atomic E-state index is 0.0804. The van der Waals surface area contributed by atoms with E-state index in [0.29, 0.717) is 18.0 Å². The molecule has 0 aliphatic carbocycles. The number of rotatable bonds is 8. The molecular formula is C23H25N7O3S. The molecular weight excluding hydrogens is 454 g/mol. The summed E-state index contributed by atoms with van der Waals surface area (Å²) >= 11 is 1.11. The number of hydrogen-bond donors (Lipinski definition) is 2. The topological polar surface area (TPSA) is 122 Å². The van der Waals surface area contributed by atoms with Gasteiger partial charge in [0.1, 0.15) is 5.54 Å². The summed E-state index contributed by atoms with van der Waals surface area (Å²) < 4.78 is 1.54. The number of carbonyl (C=O) groups excluding carboxylic acids is 3. The molecule has 1 aliphatic heterocycles. The Hall–Kier alpha value is -3.73. The van der Waals surface area contributed by atoms with Gasteiger partial charge in [-0.3, -0.25) is 15.0 Å². The third-order valence-electron chi connectivity index (χ3n) is 5.76. The lowest BCUT2D eigenvalue weighted by Crippen LogP contribution is -2.49. The van der Waals surface area contributed by atoms with Crippen LogP contribution in [0, 0.1) is 13.8 Å². The number of tetrazole rings is 1. The molecule has 1 fully saturated rings. The molecule has 1 atom stereocenters. The first-order chi connectivity index (χ1) is 16.3. The van der Waals surface area contributed by atoms with Gasteiger partial charge in [0.25, 0.3) is 5.91 Å². The lowest BCUT2D eigenvalue weighted by molar-refractivity contribution is -0.138. The molecule has 0 bridgehead atoms. The van der Waals surface area contributed by atoms with Crippen molar-refractivity contribution in [3.8, 4) is 5.69 Å². The highest BCUT2D eigenvalue weighted by molar-refractivity contribution is 7.99. The first-order valence-electron chi connectivity index (χ1n) is 10.8. The number of nitrogens with zero attached hydrogens (tertiary/aromatic N) is 5. The lowest BCUT2D eigenvalue weighted by atomic mass is 9.93. The normalized spacial score (nSPS) is 17.7. The Morgan fingerprint density at radius 2 is 1.88 bits per heavy atom. The van der Waals surface area contributed by atoms with Crippen LogP contribution in [0.15, 0.2) is 53.7 Å². The molecule has 2 aromatic carbocycles. The monoisotopic (exact) mass is 479 g/mol. The van der Waals surface area contributed by atoms with E-state index in [-0.39, 0.29) is 5.75 Å². The number of urea groups is 1. The number of carbonyl (C=O) groups is 3. The maximum absolute atomic E-state index is 12.9. The van der Waals surface area contributed by atoms with E-state index in [2.05, 4.69) is 26.3 Å². The van der Waals surface area contributed by atoms with Crippen LogP contribution in [0.4, 0.5) is 4.79 Å². The number of imide groups is 1. The second-order valence-electron chi connectivity index (χ2n) is 8.35. The van der Waals surface area contributed by atoms with Gasteiger partial charge >= 0.3 is 6.03 Å². The average Bonchev–Trinajstić information content (AvgIpc) is 3.37. The van der Waals surface area contributed by atoms with Crippen molar-refractivity contribution in [3.05, 3.63) is 65.2 Å². The minimum Gasteiger partial charge on any atom is -0.322 e. The molecule has 2 N–H and O–H groups in total. The zero-order chi connectivity index (χ0) is 24.3. The van der Waals surface area contributed by atoms with E-state index in [0.717, 1.165) is 39.1 Å². The predicted molar refractivity (Wildman–Crippen MR) is 126 cm³/mol. The number of hydrogen-bond acceptors (Lipinski definition) is 7. The van der Waals surface area contributed by atoms with Crippen LogP contribution in [-0.2, 0) is 16.0 Å². The molecule has 11 heteroatoms. The van der Waals surface area contributed by atoms with Crippen LogP contribution in [0.2, 0.25) is 0 Å². The fraction of sp³-hybridized carbons (Fsp3) is 0.304. The predicted octanol–water partition coefficient (Wildman–Crippen LogP) is 2.35. The Balaban J connectivity index is 1.35. The average molecular weight is 480 g/mol. The summed E-state index contributed by atoms with van der Waals surface area (Å²) in [7, 11) is 0. The van der Waals surface area contributed by atoms with Gasteiger partial charge in [-0.2, -0.15) is 9.69 Å². The maximum atomic E-state index is 12.9. The zero-order valence-corrected chi connectivity index (χ0v) is 19.9. The van der Waals surface area contributed by atoms with Crippen LogP contribution in [-0.4, -0.2) is 54.4 Å². The second-order valence-corrected chi connectivity index (χ2v) is 9.30. The van der Waals surface area contributed by atoms with Crippen LogP contribution < -0.4 is 10.7 Å². The van der Waals surface area contributed by atoms with E-state index in [1.165, 1.54) is 0 Å². The van der Waals surface area contributed by atoms with E-state index >= 15 is 0 Å². The van der Waals surface area contributed by atoms with Gasteiger partial charge in [0.15, 0.2) is 0 Å². The zero-order valence-electron chi connectivity index (χ0n) is 19.1. The van der Waals surface area contributed by atoms with Gasteiger partial charge in [0, 0.05) is 0 Å². The van der Waals surface area contributed by atoms with E-state index in [4.69, 9.17) is 0 Å². The van der Waals surface area contributed by atoms with E-state index < -0.39 is 23.4 Å². The molecule has 1 unspecified atom stereocenters. The third kappa shape index (κ3) is 4.93. The first-order valence-corrected chi connectivity index (χ1v) is 11.7. The van der Waals surface area contributed by atoms with Crippen LogP contribution in [0.5, 0.6) is 0 Å². The van der Waals surface area contributed by atoms with Crippen molar-refractivity contribution in [2.45, 2.75) is 44.3 Å². The summed E-state index contributed by atoms with van der Waals surface area (Å²) in [6.45, 7) is 5.67. The molecule has 4 rings (SSSR count). The van der Waals surface area contributed by atoms with Crippen LogP contribution in [0.25, 0.3) is 5.69 Å². The third-order valence-corrected chi connectivity index (χ3v) is 6.68. The summed E-state index contributed by atoms with van der Waals surface area (Å²) in [6.07, 6.45) is 1.02. The van der Waals surface area contributed by atoms with Gasteiger partial charge in [0.2, 0.25) is 11.1 Å². The van der Waals surface area contributed by atoms with Crippen LogP contribution in [0.1, 0.15) is 30.0 Å². The smallest absolute Gasteiger partial charge is 0.322 e. The minimum atomic E-state index is -1.10. The SMILES string of the molecule is Cc1ccc(-n2nnnc2SCC(=O)NN2C(=O)NC(C)(CCc3ccccc3)C2=O)cc1C. The summed E-state index contributed by atoms with van der Waals surface area (Å²) in [5, 5.41) is 15.5. The fourth-order valence-electron chi connectivity index (χ4n) is 3.57.